The average Bonchev–Trinajstić information content (AvgIpc) is 2.32. The van der Waals surface area contributed by atoms with Gasteiger partial charge in [-0.2, -0.15) is 0 Å². The van der Waals surface area contributed by atoms with E-state index in [0.29, 0.717) is 0 Å². The van der Waals surface area contributed by atoms with E-state index in [-0.39, 0.29) is 5.82 Å². The first-order valence-corrected chi connectivity index (χ1v) is 11.6. The topological polar surface area (TPSA) is 0 Å². The van der Waals surface area contributed by atoms with Crippen molar-refractivity contribution in [3.05, 3.63) is 42.2 Å². The number of hydrogen-bond donors (Lipinski definition) is 0. The van der Waals surface area contributed by atoms with Gasteiger partial charge < -0.3 is 0 Å². The maximum atomic E-state index is 13.7. The van der Waals surface area contributed by atoms with E-state index in [2.05, 4.69) is 27.4 Å². The molecule has 1 aromatic carbocycles. The van der Waals surface area contributed by atoms with Gasteiger partial charge >= 0.3 is 101 Å². The summed E-state index contributed by atoms with van der Waals surface area (Å²) in [4.78, 5) is 0. The number of rotatable bonds is 5. The van der Waals surface area contributed by atoms with Crippen LogP contribution in [0, 0.1) is 5.82 Å². The molecule has 16 heavy (non-hydrogen) atoms. The van der Waals surface area contributed by atoms with Gasteiger partial charge in [0, 0.05) is 0 Å². The molecule has 0 aliphatic carbocycles. The second-order valence-corrected chi connectivity index (χ2v) is 15.4. The van der Waals surface area contributed by atoms with E-state index >= 15 is 0 Å². The summed E-state index contributed by atoms with van der Waals surface area (Å²) in [5, 5.41) is 3.58. The Balaban J connectivity index is 3.14. The van der Waals surface area contributed by atoms with Crippen molar-refractivity contribution in [2.75, 3.05) is 0 Å². The zero-order valence-corrected chi connectivity index (χ0v) is 12.6. The van der Waals surface area contributed by atoms with Crippen molar-refractivity contribution in [1.29, 1.82) is 0 Å². The first-order valence-electron chi connectivity index (χ1n) is 6.05. The fourth-order valence-corrected chi connectivity index (χ4v) is 9.84. The van der Waals surface area contributed by atoms with E-state index < -0.39 is 13.3 Å². The average molecular weight is 281 g/mol. The monoisotopic (exact) mass is 282 g/mol. The molecule has 0 bridgehead atoms. The van der Waals surface area contributed by atoms with Crippen molar-refractivity contribution in [2.24, 2.45) is 0 Å². The van der Waals surface area contributed by atoms with E-state index in [1.165, 1.54) is 21.8 Å². The third-order valence-corrected chi connectivity index (χ3v) is 15.6. The van der Waals surface area contributed by atoms with Crippen molar-refractivity contribution in [1.82, 2.24) is 0 Å². The molecule has 0 heterocycles. The van der Waals surface area contributed by atoms with E-state index in [4.69, 9.17) is 0 Å². The summed E-state index contributed by atoms with van der Waals surface area (Å²) in [6.07, 6.45) is 0. The molecule has 0 spiro atoms. The Morgan fingerprint density at radius 1 is 1.12 bits per heavy atom. The zero-order chi connectivity index (χ0) is 12.2. The first kappa shape index (κ1) is 13.5. The molecule has 0 aliphatic rings. The van der Waals surface area contributed by atoms with Gasteiger partial charge in [0.1, 0.15) is 0 Å². The minimum atomic E-state index is -2.08. The van der Waals surface area contributed by atoms with E-state index in [0.717, 1.165) is 9.97 Å². The van der Waals surface area contributed by atoms with E-state index in [9.17, 15) is 4.39 Å². The Morgan fingerprint density at radius 3 is 2.06 bits per heavy atom. The van der Waals surface area contributed by atoms with Crippen molar-refractivity contribution in [2.45, 2.75) is 36.5 Å². The fourth-order valence-electron chi connectivity index (χ4n) is 2.38. The Labute approximate surface area is 101 Å². The quantitative estimate of drug-likeness (QED) is 0.674. The molecule has 0 aromatic heterocycles. The molecule has 1 aromatic rings. The summed E-state index contributed by atoms with van der Waals surface area (Å²) in [6.45, 7) is 10.9. The molecule has 0 saturated heterocycles. The molecule has 0 aliphatic heterocycles. The van der Waals surface area contributed by atoms with Crippen LogP contribution in [0.2, 0.25) is 15.8 Å². The first-order chi connectivity index (χ1) is 7.61. The zero-order valence-electron chi connectivity index (χ0n) is 10.5. The van der Waals surface area contributed by atoms with Gasteiger partial charge in [0.2, 0.25) is 0 Å². The number of hydrogen-bond acceptors (Lipinski definition) is 0. The SMILES string of the molecule is C=[C](c1ccccc1F)[Ge]([CH2]C)([CH2]C)[CH2]C. The van der Waals surface area contributed by atoms with Gasteiger partial charge in [0.15, 0.2) is 0 Å². The summed E-state index contributed by atoms with van der Waals surface area (Å²) < 4.78 is 14.9. The molecule has 0 amide bonds. The Kier molecular flexibility index (Phi) is 4.78. The molecule has 0 fully saturated rings. The molecule has 0 radical (unpaired) electrons. The van der Waals surface area contributed by atoms with Crippen LogP contribution in [-0.4, -0.2) is 13.3 Å². The fraction of sp³-hybridized carbons (Fsp3) is 0.429. The summed E-state index contributed by atoms with van der Waals surface area (Å²) in [7, 11) is 0. The molecular formula is C14H21FGe. The van der Waals surface area contributed by atoms with E-state index in [1.54, 1.807) is 6.07 Å². The van der Waals surface area contributed by atoms with Gasteiger partial charge in [-0.3, -0.25) is 0 Å². The molecule has 88 valence electrons. The predicted octanol–water partition coefficient (Wildman–Crippen LogP) is 4.89. The van der Waals surface area contributed by atoms with Crippen molar-refractivity contribution in [3.8, 4) is 0 Å². The van der Waals surface area contributed by atoms with Gasteiger partial charge in [-0.15, -0.1) is 0 Å². The Morgan fingerprint density at radius 2 is 1.62 bits per heavy atom. The van der Waals surface area contributed by atoms with E-state index in [1.807, 2.05) is 12.1 Å². The normalized spacial score (nSPS) is 11.5. The predicted molar refractivity (Wildman–Crippen MR) is 72.6 cm³/mol. The molecule has 0 nitrogen and oxygen atoms in total. The van der Waals surface area contributed by atoms with Crippen LogP contribution in [0.1, 0.15) is 26.3 Å². The molecule has 0 atom stereocenters. The van der Waals surface area contributed by atoms with Crippen molar-refractivity contribution in [3.63, 3.8) is 0 Å². The Hall–Kier alpha value is -0.567. The second-order valence-electron chi connectivity index (χ2n) is 4.30. The van der Waals surface area contributed by atoms with Crippen LogP contribution in [0.4, 0.5) is 4.39 Å². The van der Waals surface area contributed by atoms with Crippen molar-refractivity contribution >= 4 is 17.7 Å². The molecular weight excluding hydrogens is 260 g/mol. The summed E-state index contributed by atoms with van der Waals surface area (Å²) in [5.41, 5.74) is 0.757. The summed E-state index contributed by atoms with van der Waals surface area (Å²) in [5.74, 6) is -0.113. The van der Waals surface area contributed by atoms with Gasteiger partial charge in [-0.25, -0.2) is 0 Å². The number of halogens is 1. The van der Waals surface area contributed by atoms with Crippen LogP contribution >= 0.6 is 0 Å². The van der Waals surface area contributed by atoms with Gasteiger partial charge in [0.25, 0.3) is 0 Å². The van der Waals surface area contributed by atoms with Crippen LogP contribution in [0.5, 0.6) is 0 Å². The summed E-state index contributed by atoms with van der Waals surface area (Å²) >= 11 is -2.08. The second kappa shape index (κ2) is 5.67. The van der Waals surface area contributed by atoms with Crippen LogP contribution in [0.3, 0.4) is 0 Å². The van der Waals surface area contributed by atoms with Gasteiger partial charge in [-0.05, 0) is 0 Å². The van der Waals surface area contributed by atoms with Crippen LogP contribution in [0.25, 0.3) is 4.41 Å². The Bertz CT molecular complexity index is 358. The van der Waals surface area contributed by atoms with Crippen LogP contribution < -0.4 is 0 Å². The van der Waals surface area contributed by atoms with Crippen LogP contribution in [-0.2, 0) is 0 Å². The van der Waals surface area contributed by atoms with Gasteiger partial charge in [-0.1, -0.05) is 0 Å². The third kappa shape index (κ3) is 2.40. The third-order valence-electron chi connectivity index (χ3n) is 3.87. The van der Waals surface area contributed by atoms with Gasteiger partial charge in [0.05, 0.1) is 0 Å². The molecule has 0 unspecified atom stereocenters. The standard InChI is InChI=1S/C14H21FGe/c1-5-16(6-2,7-3)12(4)13-10-8-9-11-14(13)15/h8-11H,4-7H2,1-3H3. The van der Waals surface area contributed by atoms with Crippen LogP contribution in [0.15, 0.2) is 30.8 Å². The molecule has 0 saturated carbocycles. The summed E-state index contributed by atoms with van der Waals surface area (Å²) in [6, 6.07) is 7.05. The molecule has 1 rings (SSSR count). The van der Waals surface area contributed by atoms with Crippen molar-refractivity contribution < 1.29 is 4.39 Å². The maximum absolute atomic E-state index is 13.7. The molecule has 0 N–H and O–H groups in total. The minimum absolute atomic E-state index is 0.113. The molecule has 2 heteroatoms. The number of benzene rings is 1.